The van der Waals surface area contributed by atoms with E-state index in [-0.39, 0.29) is 0 Å². The van der Waals surface area contributed by atoms with Gasteiger partial charge in [-0.1, -0.05) is 72.1 Å². The maximum Gasteiger partial charge on any atom is 0.0700 e. The Hall–Kier alpha value is -0.0800. The van der Waals surface area contributed by atoms with E-state index in [9.17, 15) is 0 Å². The van der Waals surface area contributed by atoms with Crippen molar-refractivity contribution >= 4 is 0 Å². The van der Waals surface area contributed by atoms with Crippen LogP contribution >= 0.6 is 0 Å². The Morgan fingerprint density at radius 1 is 0.600 bits per heavy atom. The second-order valence-corrected chi connectivity index (χ2v) is 6.24. The van der Waals surface area contributed by atoms with Crippen LogP contribution in [0.5, 0.6) is 0 Å². The van der Waals surface area contributed by atoms with E-state index in [1.165, 1.54) is 57.8 Å². The zero-order valence-electron chi connectivity index (χ0n) is 14.3. The Bertz CT molecular complexity index is 169. The molecule has 0 unspecified atom stereocenters. The fourth-order valence-electron chi connectivity index (χ4n) is 2.28. The normalized spacial score (nSPS) is 11.4. The van der Waals surface area contributed by atoms with Gasteiger partial charge in [0, 0.05) is 13.2 Å². The number of rotatable bonds is 16. The van der Waals surface area contributed by atoms with E-state index in [4.69, 9.17) is 9.47 Å². The van der Waals surface area contributed by atoms with Crippen LogP contribution in [0, 0.1) is 5.92 Å². The Morgan fingerprint density at radius 3 is 1.65 bits per heavy atom. The molecule has 2 nitrogen and oxygen atoms in total. The Labute approximate surface area is 127 Å². The van der Waals surface area contributed by atoms with Crippen LogP contribution in [-0.2, 0) is 9.47 Å². The summed E-state index contributed by atoms with van der Waals surface area (Å²) in [5.41, 5.74) is 0. The van der Waals surface area contributed by atoms with Crippen LogP contribution in [0.2, 0.25) is 0 Å². The summed E-state index contributed by atoms with van der Waals surface area (Å²) in [4.78, 5) is 0. The highest BCUT2D eigenvalue weighted by Crippen LogP contribution is 2.12. The standard InChI is InChI=1S/C18H38O2/c1-4-14-19-16-17-20-15-12-10-8-6-5-7-9-11-13-18(2)3/h18H,4-17H2,1-3H3. The van der Waals surface area contributed by atoms with Gasteiger partial charge in [0.2, 0.25) is 0 Å². The molecule has 122 valence electrons. The molecule has 0 rings (SSSR count). The van der Waals surface area contributed by atoms with E-state index in [2.05, 4.69) is 20.8 Å². The second-order valence-electron chi connectivity index (χ2n) is 6.24. The molecule has 0 aliphatic heterocycles. The lowest BCUT2D eigenvalue weighted by Crippen LogP contribution is -2.05. The van der Waals surface area contributed by atoms with Crippen LogP contribution in [0.25, 0.3) is 0 Å². The summed E-state index contributed by atoms with van der Waals surface area (Å²) in [7, 11) is 0. The highest BCUT2D eigenvalue weighted by atomic mass is 16.5. The first-order chi connectivity index (χ1) is 9.77. The first-order valence-corrected chi connectivity index (χ1v) is 8.92. The minimum Gasteiger partial charge on any atom is -0.379 e. The SMILES string of the molecule is CCCOCCOCCCCCCCCCCC(C)C. The zero-order valence-corrected chi connectivity index (χ0v) is 14.3. The van der Waals surface area contributed by atoms with Crippen LogP contribution in [0.3, 0.4) is 0 Å². The van der Waals surface area contributed by atoms with E-state index in [1.807, 2.05) is 0 Å². The van der Waals surface area contributed by atoms with Crippen molar-refractivity contribution in [3.8, 4) is 0 Å². The van der Waals surface area contributed by atoms with E-state index < -0.39 is 0 Å². The van der Waals surface area contributed by atoms with Crippen molar-refractivity contribution in [2.24, 2.45) is 5.92 Å². The van der Waals surface area contributed by atoms with Crippen molar-refractivity contribution in [3.05, 3.63) is 0 Å². The summed E-state index contributed by atoms with van der Waals surface area (Å²) in [6, 6.07) is 0. The van der Waals surface area contributed by atoms with Crippen LogP contribution in [0.1, 0.15) is 85.0 Å². The number of unbranched alkanes of at least 4 members (excludes halogenated alkanes) is 7. The molecule has 0 aliphatic carbocycles. The van der Waals surface area contributed by atoms with E-state index in [0.717, 1.165) is 38.8 Å². The molecule has 0 fully saturated rings. The maximum absolute atomic E-state index is 5.54. The molecule has 0 N–H and O–H groups in total. The Kier molecular flexibility index (Phi) is 16.9. The average molecular weight is 286 g/mol. The predicted molar refractivity (Wildman–Crippen MR) is 88.3 cm³/mol. The average Bonchev–Trinajstić information content (AvgIpc) is 2.43. The molecule has 0 aromatic rings. The summed E-state index contributed by atoms with van der Waals surface area (Å²) < 4.78 is 10.9. The molecule has 0 saturated heterocycles. The molecule has 0 amide bonds. The lowest BCUT2D eigenvalue weighted by atomic mass is 10.0. The highest BCUT2D eigenvalue weighted by molar-refractivity contribution is 4.49. The quantitative estimate of drug-likeness (QED) is 0.344. The van der Waals surface area contributed by atoms with Crippen molar-refractivity contribution in [3.63, 3.8) is 0 Å². The molecule has 0 radical (unpaired) electrons. The van der Waals surface area contributed by atoms with Gasteiger partial charge in [-0.15, -0.1) is 0 Å². The van der Waals surface area contributed by atoms with Crippen LogP contribution in [0.15, 0.2) is 0 Å². The summed E-state index contributed by atoms with van der Waals surface area (Å²) in [6.45, 7) is 10.0. The third-order valence-electron chi connectivity index (χ3n) is 3.54. The first-order valence-electron chi connectivity index (χ1n) is 8.92. The van der Waals surface area contributed by atoms with Gasteiger partial charge in [-0.25, -0.2) is 0 Å². The molecule has 0 spiro atoms. The molecule has 0 bridgehead atoms. The molecule has 2 heteroatoms. The molecule has 0 aromatic heterocycles. The minimum atomic E-state index is 0.754. The van der Waals surface area contributed by atoms with E-state index >= 15 is 0 Å². The maximum atomic E-state index is 5.54. The molecule has 20 heavy (non-hydrogen) atoms. The van der Waals surface area contributed by atoms with Crippen molar-refractivity contribution in [2.45, 2.75) is 85.0 Å². The van der Waals surface area contributed by atoms with Gasteiger partial charge >= 0.3 is 0 Å². The van der Waals surface area contributed by atoms with Gasteiger partial charge in [0.25, 0.3) is 0 Å². The number of hydrogen-bond acceptors (Lipinski definition) is 2. The van der Waals surface area contributed by atoms with Gasteiger partial charge in [-0.05, 0) is 18.8 Å². The van der Waals surface area contributed by atoms with E-state index in [1.54, 1.807) is 0 Å². The molecular formula is C18H38O2. The van der Waals surface area contributed by atoms with Crippen molar-refractivity contribution < 1.29 is 9.47 Å². The summed E-state index contributed by atoms with van der Waals surface area (Å²) >= 11 is 0. The third-order valence-corrected chi connectivity index (χ3v) is 3.54. The van der Waals surface area contributed by atoms with Crippen LogP contribution in [0.4, 0.5) is 0 Å². The number of hydrogen-bond donors (Lipinski definition) is 0. The van der Waals surface area contributed by atoms with Gasteiger partial charge in [0.15, 0.2) is 0 Å². The fraction of sp³-hybridized carbons (Fsp3) is 1.00. The largest absolute Gasteiger partial charge is 0.379 e. The summed E-state index contributed by atoms with van der Waals surface area (Å²) in [5, 5.41) is 0. The van der Waals surface area contributed by atoms with Gasteiger partial charge in [-0.3, -0.25) is 0 Å². The van der Waals surface area contributed by atoms with Gasteiger partial charge in [-0.2, -0.15) is 0 Å². The third kappa shape index (κ3) is 17.9. The second kappa shape index (κ2) is 17.0. The van der Waals surface area contributed by atoms with Crippen molar-refractivity contribution in [1.29, 1.82) is 0 Å². The lowest BCUT2D eigenvalue weighted by molar-refractivity contribution is 0.0465. The lowest BCUT2D eigenvalue weighted by Gasteiger charge is -2.06. The minimum absolute atomic E-state index is 0.754. The van der Waals surface area contributed by atoms with Crippen molar-refractivity contribution in [2.75, 3.05) is 26.4 Å². The molecule has 0 atom stereocenters. The predicted octanol–water partition coefficient (Wildman–Crippen LogP) is 5.60. The number of ether oxygens (including phenoxy) is 2. The van der Waals surface area contributed by atoms with Gasteiger partial charge in [0.05, 0.1) is 13.2 Å². The monoisotopic (exact) mass is 286 g/mol. The molecule has 0 heterocycles. The Morgan fingerprint density at radius 2 is 1.10 bits per heavy atom. The van der Waals surface area contributed by atoms with E-state index in [0.29, 0.717) is 0 Å². The molecular weight excluding hydrogens is 248 g/mol. The summed E-state index contributed by atoms with van der Waals surface area (Å²) in [5.74, 6) is 0.877. The smallest absolute Gasteiger partial charge is 0.0700 e. The van der Waals surface area contributed by atoms with Crippen molar-refractivity contribution in [1.82, 2.24) is 0 Å². The highest BCUT2D eigenvalue weighted by Gasteiger charge is 1.95. The molecule has 0 aliphatic rings. The first kappa shape index (κ1) is 19.9. The summed E-state index contributed by atoms with van der Waals surface area (Å²) in [6.07, 6.45) is 13.5. The molecule has 0 saturated carbocycles. The van der Waals surface area contributed by atoms with Gasteiger partial charge in [0.1, 0.15) is 0 Å². The van der Waals surface area contributed by atoms with Gasteiger partial charge < -0.3 is 9.47 Å². The molecule has 0 aromatic carbocycles. The zero-order chi connectivity index (χ0) is 14.9. The van der Waals surface area contributed by atoms with Crippen LogP contribution in [-0.4, -0.2) is 26.4 Å². The fourth-order valence-corrected chi connectivity index (χ4v) is 2.28. The van der Waals surface area contributed by atoms with Crippen LogP contribution < -0.4 is 0 Å². The topological polar surface area (TPSA) is 18.5 Å². The Balaban J connectivity index is 2.92.